The highest BCUT2D eigenvalue weighted by molar-refractivity contribution is 5.95. The zero-order valence-corrected chi connectivity index (χ0v) is 12.0. The number of carbonyl (C=O) groups is 1. The first-order valence-corrected chi connectivity index (χ1v) is 6.72. The van der Waals surface area contributed by atoms with Gasteiger partial charge in [0.05, 0.1) is 5.69 Å². The van der Waals surface area contributed by atoms with E-state index in [1.165, 1.54) is 6.42 Å². The van der Waals surface area contributed by atoms with Crippen LogP contribution in [0.1, 0.15) is 41.9 Å². The number of aromatic nitrogens is 2. The van der Waals surface area contributed by atoms with Crippen molar-refractivity contribution in [1.82, 2.24) is 10.2 Å². The minimum absolute atomic E-state index is 0.300. The molecule has 1 fully saturated rings. The number of hydrogen-bond donors (Lipinski definition) is 1. The van der Waals surface area contributed by atoms with Gasteiger partial charge >= 0.3 is 5.97 Å². The normalized spacial score (nSPS) is 23.5. The fourth-order valence-electron chi connectivity index (χ4n) is 2.91. The Labute approximate surface area is 113 Å². The zero-order chi connectivity index (χ0) is 14.2. The molecule has 2 unspecified atom stereocenters. The van der Waals surface area contributed by atoms with E-state index < -0.39 is 5.97 Å². The van der Waals surface area contributed by atoms with E-state index in [1.807, 2.05) is 0 Å². The third-order valence-corrected chi connectivity index (χ3v) is 3.82. The summed E-state index contributed by atoms with van der Waals surface area (Å²) >= 11 is 0. The van der Waals surface area contributed by atoms with Gasteiger partial charge < -0.3 is 10.0 Å². The number of carboxylic acid groups (broad SMARTS) is 1. The first-order valence-electron chi connectivity index (χ1n) is 6.72. The summed E-state index contributed by atoms with van der Waals surface area (Å²) in [5.41, 5.74) is 1.69. The molecule has 0 amide bonds. The van der Waals surface area contributed by atoms with Crippen LogP contribution in [0.3, 0.4) is 0 Å². The predicted octanol–water partition coefficient (Wildman–Crippen LogP) is 2.27. The van der Waals surface area contributed by atoms with Crippen LogP contribution in [0.2, 0.25) is 0 Å². The smallest absolute Gasteiger partial charge is 0.339 e. The summed E-state index contributed by atoms with van der Waals surface area (Å²) < 4.78 is 0. The highest BCUT2D eigenvalue weighted by atomic mass is 16.4. The van der Waals surface area contributed by atoms with Gasteiger partial charge in [0.15, 0.2) is 5.82 Å². The van der Waals surface area contributed by atoms with E-state index in [9.17, 15) is 9.90 Å². The Morgan fingerprint density at radius 3 is 2.32 bits per heavy atom. The highest BCUT2D eigenvalue weighted by Gasteiger charge is 2.28. The first kappa shape index (κ1) is 13.8. The molecule has 1 aromatic rings. The summed E-state index contributed by atoms with van der Waals surface area (Å²) in [6.45, 7) is 9.67. The molecular weight excluding hydrogens is 242 g/mol. The van der Waals surface area contributed by atoms with Gasteiger partial charge in [-0.2, -0.15) is 5.10 Å². The first-order chi connectivity index (χ1) is 8.90. The van der Waals surface area contributed by atoms with Gasteiger partial charge in [0.25, 0.3) is 0 Å². The molecule has 1 aromatic heterocycles. The molecule has 5 heteroatoms. The van der Waals surface area contributed by atoms with Crippen molar-refractivity contribution in [2.45, 2.75) is 34.1 Å². The lowest BCUT2D eigenvalue weighted by molar-refractivity contribution is 0.0695. The van der Waals surface area contributed by atoms with Gasteiger partial charge in [-0.05, 0) is 37.7 Å². The van der Waals surface area contributed by atoms with Crippen molar-refractivity contribution in [2.75, 3.05) is 18.0 Å². The summed E-state index contributed by atoms with van der Waals surface area (Å²) in [4.78, 5) is 13.6. The van der Waals surface area contributed by atoms with Crippen molar-refractivity contribution < 1.29 is 9.90 Å². The number of aryl methyl sites for hydroxylation is 1. The third kappa shape index (κ3) is 2.69. The summed E-state index contributed by atoms with van der Waals surface area (Å²) in [6.07, 6.45) is 1.18. The van der Waals surface area contributed by atoms with E-state index >= 15 is 0 Å². The van der Waals surface area contributed by atoms with Crippen molar-refractivity contribution in [3.05, 3.63) is 16.8 Å². The lowest BCUT2D eigenvalue weighted by atomic mass is 9.91. The average molecular weight is 263 g/mol. The molecule has 0 radical (unpaired) electrons. The summed E-state index contributed by atoms with van der Waals surface area (Å²) in [7, 11) is 0. The molecule has 0 spiro atoms. The van der Waals surface area contributed by atoms with Gasteiger partial charge in [-0.25, -0.2) is 4.79 Å². The van der Waals surface area contributed by atoms with Crippen LogP contribution in [0.5, 0.6) is 0 Å². The molecule has 1 aliphatic heterocycles. The molecule has 1 N–H and O–H groups in total. The Morgan fingerprint density at radius 2 is 1.79 bits per heavy atom. The monoisotopic (exact) mass is 263 g/mol. The molecule has 1 saturated heterocycles. The number of rotatable bonds is 2. The topological polar surface area (TPSA) is 66.3 Å². The Kier molecular flexibility index (Phi) is 3.73. The Hall–Kier alpha value is -1.65. The maximum atomic E-state index is 11.5. The number of aromatic carboxylic acids is 1. The second-order valence-electron chi connectivity index (χ2n) is 5.77. The molecule has 0 bridgehead atoms. The van der Waals surface area contributed by atoms with Crippen molar-refractivity contribution in [3.63, 3.8) is 0 Å². The predicted molar refractivity (Wildman–Crippen MR) is 73.6 cm³/mol. The van der Waals surface area contributed by atoms with Crippen LogP contribution in [0.4, 0.5) is 5.82 Å². The molecule has 104 valence electrons. The molecule has 0 aliphatic carbocycles. The molecule has 2 heterocycles. The molecule has 0 saturated carbocycles. The highest BCUT2D eigenvalue weighted by Crippen LogP contribution is 2.28. The zero-order valence-electron chi connectivity index (χ0n) is 12.0. The molecule has 19 heavy (non-hydrogen) atoms. The number of nitrogens with zero attached hydrogens (tertiary/aromatic N) is 3. The molecule has 2 atom stereocenters. The minimum Gasteiger partial charge on any atom is -0.478 e. The number of piperidine rings is 1. The van der Waals surface area contributed by atoms with Crippen LogP contribution in [0, 0.1) is 25.7 Å². The second kappa shape index (κ2) is 5.15. The van der Waals surface area contributed by atoms with E-state index in [0.717, 1.165) is 13.1 Å². The van der Waals surface area contributed by atoms with E-state index in [1.54, 1.807) is 13.8 Å². The summed E-state index contributed by atoms with van der Waals surface area (Å²) in [5.74, 6) is 0.702. The van der Waals surface area contributed by atoms with Crippen molar-refractivity contribution in [2.24, 2.45) is 11.8 Å². The van der Waals surface area contributed by atoms with Crippen molar-refractivity contribution in [1.29, 1.82) is 0 Å². The van der Waals surface area contributed by atoms with E-state index in [4.69, 9.17) is 0 Å². The maximum Gasteiger partial charge on any atom is 0.339 e. The molecule has 5 nitrogen and oxygen atoms in total. The van der Waals surface area contributed by atoms with Crippen LogP contribution in [-0.2, 0) is 0 Å². The van der Waals surface area contributed by atoms with Gasteiger partial charge in [0, 0.05) is 13.1 Å². The second-order valence-corrected chi connectivity index (χ2v) is 5.77. The molecule has 1 aliphatic rings. The molecule has 0 aromatic carbocycles. The quantitative estimate of drug-likeness (QED) is 0.886. The van der Waals surface area contributed by atoms with Crippen LogP contribution >= 0.6 is 0 Å². The standard InChI is InChI=1S/C14H21N3O2/c1-8-5-9(2)7-17(6-8)13-12(14(18)19)10(3)11(4)15-16-13/h8-9H,5-7H2,1-4H3,(H,18,19). The molecular formula is C14H21N3O2. The Bertz CT molecular complexity index is 492. The molecule has 2 rings (SSSR count). The van der Waals surface area contributed by atoms with Crippen molar-refractivity contribution >= 4 is 11.8 Å². The van der Waals surface area contributed by atoms with Gasteiger partial charge in [-0.3, -0.25) is 0 Å². The van der Waals surface area contributed by atoms with E-state index in [2.05, 4.69) is 28.9 Å². The van der Waals surface area contributed by atoms with Gasteiger partial charge in [0.1, 0.15) is 5.56 Å². The van der Waals surface area contributed by atoms with E-state index in [0.29, 0.717) is 34.5 Å². The van der Waals surface area contributed by atoms with Gasteiger partial charge in [-0.15, -0.1) is 5.10 Å². The average Bonchev–Trinajstić information content (AvgIpc) is 2.30. The lowest BCUT2D eigenvalue weighted by Crippen LogP contribution is -2.40. The van der Waals surface area contributed by atoms with E-state index in [-0.39, 0.29) is 0 Å². The fourth-order valence-corrected chi connectivity index (χ4v) is 2.91. The SMILES string of the molecule is Cc1nnc(N2CC(C)CC(C)C2)c(C(=O)O)c1C. The van der Waals surface area contributed by atoms with Gasteiger partial charge in [-0.1, -0.05) is 13.8 Å². The summed E-state index contributed by atoms with van der Waals surface area (Å²) in [5, 5.41) is 17.7. The number of carboxylic acids is 1. The van der Waals surface area contributed by atoms with Crippen molar-refractivity contribution in [3.8, 4) is 0 Å². The third-order valence-electron chi connectivity index (χ3n) is 3.82. The Balaban J connectivity index is 2.44. The van der Waals surface area contributed by atoms with Crippen LogP contribution in [-0.4, -0.2) is 34.4 Å². The van der Waals surface area contributed by atoms with Gasteiger partial charge in [0.2, 0.25) is 0 Å². The largest absolute Gasteiger partial charge is 0.478 e. The Morgan fingerprint density at radius 1 is 1.21 bits per heavy atom. The number of anilines is 1. The minimum atomic E-state index is -0.920. The maximum absolute atomic E-state index is 11.5. The lowest BCUT2D eigenvalue weighted by Gasteiger charge is -2.36. The summed E-state index contributed by atoms with van der Waals surface area (Å²) in [6, 6.07) is 0. The fraction of sp³-hybridized carbons (Fsp3) is 0.643. The van der Waals surface area contributed by atoms with Crippen LogP contribution in [0.25, 0.3) is 0 Å². The van der Waals surface area contributed by atoms with Crippen LogP contribution < -0.4 is 4.90 Å². The number of hydrogen-bond acceptors (Lipinski definition) is 4. The van der Waals surface area contributed by atoms with Crippen LogP contribution in [0.15, 0.2) is 0 Å².